The summed E-state index contributed by atoms with van der Waals surface area (Å²) < 4.78 is 0. The number of phenols is 2. The minimum atomic E-state index is -0.0504. The molecule has 2 N–H and O–H groups in total. The predicted octanol–water partition coefficient (Wildman–Crippen LogP) is 4.12. The average Bonchev–Trinajstić information content (AvgIpc) is 2.44. The Hall–Kier alpha value is -2.22. The summed E-state index contributed by atoms with van der Waals surface area (Å²) in [5.74, 6) is -0.0503. The Kier molecular flexibility index (Phi) is 2.82. The fourth-order valence-corrected chi connectivity index (χ4v) is 3.19. The summed E-state index contributed by atoms with van der Waals surface area (Å²) in [6, 6.07) is 5.95. The molecule has 0 radical (unpaired) electrons. The fraction of sp³-hybridized carbons (Fsp3) is 0.222. The summed E-state index contributed by atoms with van der Waals surface area (Å²) in [6.07, 6.45) is 3.72. The van der Waals surface area contributed by atoms with Crippen molar-refractivity contribution < 1.29 is 10.2 Å². The molecule has 102 valence electrons. The molecule has 0 amide bonds. The molecular weight excluding hydrogens is 248 g/mol. The van der Waals surface area contributed by atoms with Crippen LogP contribution in [-0.2, 0) is 12.8 Å². The summed E-state index contributed by atoms with van der Waals surface area (Å²) >= 11 is 0. The Balaban J connectivity index is 2.41. The van der Waals surface area contributed by atoms with Gasteiger partial charge in [0, 0.05) is 0 Å². The van der Waals surface area contributed by atoms with E-state index in [1.54, 1.807) is 6.07 Å². The van der Waals surface area contributed by atoms with E-state index in [2.05, 4.69) is 25.6 Å². The molecule has 2 aromatic carbocycles. The molecule has 1 aliphatic carbocycles. The number of benzene rings is 2. The van der Waals surface area contributed by atoms with Gasteiger partial charge in [-0.1, -0.05) is 24.8 Å². The monoisotopic (exact) mass is 266 g/mol. The molecule has 20 heavy (non-hydrogen) atoms. The first-order valence-electron chi connectivity index (χ1n) is 6.84. The van der Waals surface area contributed by atoms with Crippen molar-refractivity contribution in [1.82, 2.24) is 0 Å². The molecule has 0 spiro atoms. The topological polar surface area (TPSA) is 40.5 Å². The van der Waals surface area contributed by atoms with Crippen molar-refractivity contribution in [2.24, 2.45) is 0 Å². The third-order valence-corrected chi connectivity index (χ3v) is 4.32. The zero-order chi connectivity index (χ0) is 14.4. The SMILES string of the molecule is C=Cc1c(C)ccc2c1-c1cc(O)c(O)c(C)c1CC2. The third-order valence-electron chi connectivity index (χ3n) is 4.32. The van der Waals surface area contributed by atoms with Gasteiger partial charge in [-0.05, 0) is 71.7 Å². The van der Waals surface area contributed by atoms with Crippen molar-refractivity contribution in [3.63, 3.8) is 0 Å². The molecule has 0 saturated heterocycles. The summed E-state index contributed by atoms with van der Waals surface area (Å²) in [6.45, 7) is 7.85. The Morgan fingerprint density at radius 1 is 1.15 bits per heavy atom. The second kappa shape index (κ2) is 4.41. The Bertz CT molecular complexity index is 727. The van der Waals surface area contributed by atoms with Gasteiger partial charge in [-0.2, -0.15) is 0 Å². The van der Waals surface area contributed by atoms with Crippen LogP contribution >= 0.6 is 0 Å². The van der Waals surface area contributed by atoms with Crippen LogP contribution in [0, 0.1) is 13.8 Å². The Morgan fingerprint density at radius 3 is 2.60 bits per heavy atom. The minimum Gasteiger partial charge on any atom is -0.504 e. The van der Waals surface area contributed by atoms with E-state index in [1.165, 1.54) is 11.1 Å². The molecule has 0 aliphatic heterocycles. The van der Waals surface area contributed by atoms with Gasteiger partial charge in [-0.25, -0.2) is 0 Å². The van der Waals surface area contributed by atoms with Gasteiger partial charge in [-0.3, -0.25) is 0 Å². The molecule has 0 aromatic heterocycles. The smallest absolute Gasteiger partial charge is 0.160 e. The van der Waals surface area contributed by atoms with E-state index in [0.717, 1.165) is 40.7 Å². The molecule has 0 heterocycles. The first-order valence-corrected chi connectivity index (χ1v) is 6.84. The number of rotatable bonds is 1. The maximum absolute atomic E-state index is 9.94. The molecule has 0 bridgehead atoms. The van der Waals surface area contributed by atoms with Crippen molar-refractivity contribution in [3.8, 4) is 22.6 Å². The number of hydrogen-bond donors (Lipinski definition) is 2. The average molecular weight is 266 g/mol. The first-order chi connectivity index (χ1) is 9.54. The normalized spacial score (nSPS) is 12.7. The lowest BCUT2D eigenvalue weighted by molar-refractivity contribution is 0.400. The zero-order valence-electron chi connectivity index (χ0n) is 11.8. The molecule has 0 saturated carbocycles. The molecule has 2 nitrogen and oxygen atoms in total. The van der Waals surface area contributed by atoms with Crippen LogP contribution in [-0.4, -0.2) is 10.2 Å². The quantitative estimate of drug-likeness (QED) is 0.762. The molecule has 0 atom stereocenters. The van der Waals surface area contributed by atoms with Crippen molar-refractivity contribution >= 4 is 6.08 Å². The van der Waals surface area contributed by atoms with E-state index in [-0.39, 0.29) is 11.5 Å². The first kappa shape index (κ1) is 12.8. The van der Waals surface area contributed by atoms with E-state index in [1.807, 2.05) is 13.0 Å². The highest BCUT2D eigenvalue weighted by Gasteiger charge is 2.23. The molecule has 0 fully saturated rings. The highest BCUT2D eigenvalue weighted by molar-refractivity contribution is 5.85. The Morgan fingerprint density at radius 2 is 1.90 bits per heavy atom. The van der Waals surface area contributed by atoms with E-state index < -0.39 is 0 Å². The van der Waals surface area contributed by atoms with Crippen LogP contribution in [0.3, 0.4) is 0 Å². The van der Waals surface area contributed by atoms with Gasteiger partial charge < -0.3 is 10.2 Å². The summed E-state index contributed by atoms with van der Waals surface area (Å²) in [7, 11) is 0. The standard InChI is InChI=1S/C18H18O2/c1-4-13-10(2)5-6-12-7-8-14-11(3)18(20)16(19)9-15(14)17(12)13/h4-6,9,19-20H,1,7-8H2,2-3H3. The summed E-state index contributed by atoms with van der Waals surface area (Å²) in [5.41, 5.74) is 7.66. The maximum Gasteiger partial charge on any atom is 0.160 e. The van der Waals surface area contributed by atoms with Crippen LogP contribution in [0.1, 0.15) is 27.8 Å². The lowest BCUT2D eigenvalue weighted by atomic mass is 9.79. The highest BCUT2D eigenvalue weighted by atomic mass is 16.3. The Labute approximate surface area is 119 Å². The fourth-order valence-electron chi connectivity index (χ4n) is 3.19. The van der Waals surface area contributed by atoms with E-state index in [4.69, 9.17) is 0 Å². The van der Waals surface area contributed by atoms with Crippen molar-refractivity contribution in [2.45, 2.75) is 26.7 Å². The van der Waals surface area contributed by atoms with E-state index in [9.17, 15) is 10.2 Å². The number of aromatic hydroxyl groups is 2. The van der Waals surface area contributed by atoms with Crippen LogP contribution < -0.4 is 0 Å². The van der Waals surface area contributed by atoms with Crippen LogP contribution in [0.5, 0.6) is 11.5 Å². The van der Waals surface area contributed by atoms with Gasteiger partial charge in [0.15, 0.2) is 11.5 Å². The molecule has 2 aromatic rings. The molecular formula is C18H18O2. The van der Waals surface area contributed by atoms with Gasteiger partial charge in [0.1, 0.15) is 0 Å². The summed E-state index contributed by atoms with van der Waals surface area (Å²) in [4.78, 5) is 0. The van der Waals surface area contributed by atoms with Crippen LogP contribution in [0.2, 0.25) is 0 Å². The van der Waals surface area contributed by atoms with Gasteiger partial charge in [0.05, 0.1) is 0 Å². The minimum absolute atomic E-state index is 0.00000567. The van der Waals surface area contributed by atoms with Crippen LogP contribution in [0.15, 0.2) is 24.8 Å². The number of hydrogen-bond acceptors (Lipinski definition) is 2. The van der Waals surface area contributed by atoms with Crippen molar-refractivity contribution in [1.29, 1.82) is 0 Å². The van der Waals surface area contributed by atoms with Crippen molar-refractivity contribution in [2.75, 3.05) is 0 Å². The second-order valence-corrected chi connectivity index (χ2v) is 5.43. The number of aryl methyl sites for hydroxylation is 2. The number of fused-ring (bicyclic) bond motifs is 3. The van der Waals surface area contributed by atoms with Gasteiger partial charge in [-0.15, -0.1) is 0 Å². The highest BCUT2D eigenvalue weighted by Crippen LogP contribution is 2.44. The molecule has 0 unspecified atom stereocenters. The van der Waals surface area contributed by atoms with E-state index >= 15 is 0 Å². The lowest BCUT2D eigenvalue weighted by Gasteiger charge is -2.25. The molecule has 1 aliphatic rings. The maximum atomic E-state index is 9.94. The molecule has 3 rings (SSSR count). The van der Waals surface area contributed by atoms with Gasteiger partial charge >= 0.3 is 0 Å². The number of phenolic OH excluding ortho intramolecular Hbond substituents is 2. The lowest BCUT2D eigenvalue weighted by Crippen LogP contribution is -2.08. The van der Waals surface area contributed by atoms with Crippen molar-refractivity contribution in [3.05, 3.63) is 52.6 Å². The molecule has 2 heteroatoms. The van der Waals surface area contributed by atoms with Crippen LogP contribution in [0.4, 0.5) is 0 Å². The summed E-state index contributed by atoms with van der Waals surface area (Å²) in [5, 5.41) is 19.9. The van der Waals surface area contributed by atoms with Crippen LogP contribution in [0.25, 0.3) is 17.2 Å². The van der Waals surface area contributed by atoms with E-state index in [0.29, 0.717) is 0 Å². The predicted molar refractivity (Wildman–Crippen MR) is 82.2 cm³/mol. The van der Waals surface area contributed by atoms with Gasteiger partial charge in [0.2, 0.25) is 0 Å². The third kappa shape index (κ3) is 1.64. The van der Waals surface area contributed by atoms with Gasteiger partial charge in [0.25, 0.3) is 0 Å². The largest absolute Gasteiger partial charge is 0.504 e. The zero-order valence-corrected chi connectivity index (χ0v) is 11.8. The second-order valence-electron chi connectivity index (χ2n) is 5.43.